The molecule has 128 valence electrons. The maximum atomic E-state index is 11.6. The first kappa shape index (κ1) is 17.1. The highest BCUT2D eigenvalue weighted by Crippen LogP contribution is 2.40. The molecule has 2 aliphatic rings. The predicted molar refractivity (Wildman–Crippen MR) is 94.2 cm³/mol. The number of rotatable bonds is 4. The summed E-state index contributed by atoms with van der Waals surface area (Å²) in [6.45, 7) is 4.50. The fourth-order valence-electron chi connectivity index (χ4n) is 3.57. The summed E-state index contributed by atoms with van der Waals surface area (Å²) in [6, 6.07) is 7.97. The van der Waals surface area contributed by atoms with Crippen molar-refractivity contribution in [2.24, 2.45) is 5.92 Å². The van der Waals surface area contributed by atoms with Gasteiger partial charge in [0, 0.05) is 31.3 Å². The van der Waals surface area contributed by atoms with Crippen LogP contribution in [-0.2, 0) is 10.3 Å². The molecule has 0 amide bonds. The van der Waals surface area contributed by atoms with Crippen LogP contribution in [0.3, 0.4) is 0 Å². The van der Waals surface area contributed by atoms with Crippen molar-refractivity contribution in [2.45, 2.75) is 18.4 Å². The quantitative estimate of drug-likeness (QED) is 0.913. The number of thioether (sulfide) groups is 1. The first-order chi connectivity index (χ1) is 11.2. The number of ether oxygens (including phenoxy) is 2. The minimum Gasteiger partial charge on any atom is -0.497 e. The Morgan fingerprint density at radius 2 is 2.04 bits per heavy atom. The standard InChI is InChI=1S/C18H27NO3S/c1-21-17-5-3-15(4-6-17)18(20)7-2-12-23-14-16(18)13-19-8-10-22-11-9-19/h3-6,16,20H,2,7-14H2,1H3. The third-order valence-corrected chi connectivity index (χ3v) is 6.23. The monoisotopic (exact) mass is 337 g/mol. The summed E-state index contributed by atoms with van der Waals surface area (Å²) in [5.74, 6) is 3.24. The van der Waals surface area contributed by atoms with Gasteiger partial charge in [-0.05, 0) is 36.3 Å². The van der Waals surface area contributed by atoms with E-state index < -0.39 is 5.60 Å². The second-order valence-corrected chi connectivity index (χ2v) is 7.59. The molecular weight excluding hydrogens is 310 g/mol. The third-order valence-electron chi connectivity index (χ3n) is 5.01. The van der Waals surface area contributed by atoms with E-state index in [9.17, 15) is 5.11 Å². The van der Waals surface area contributed by atoms with Crippen molar-refractivity contribution >= 4 is 11.8 Å². The molecule has 2 saturated heterocycles. The normalized spacial score (nSPS) is 29.9. The van der Waals surface area contributed by atoms with E-state index in [4.69, 9.17) is 9.47 Å². The fraction of sp³-hybridized carbons (Fsp3) is 0.667. The molecule has 2 aliphatic heterocycles. The zero-order valence-corrected chi connectivity index (χ0v) is 14.7. The Morgan fingerprint density at radius 3 is 2.74 bits per heavy atom. The molecule has 4 nitrogen and oxygen atoms in total. The Morgan fingerprint density at radius 1 is 1.30 bits per heavy atom. The summed E-state index contributed by atoms with van der Waals surface area (Å²) in [5.41, 5.74) is 0.285. The third kappa shape index (κ3) is 4.02. The van der Waals surface area contributed by atoms with Gasteiger partial charge in [0.25, 0.3) is 0 Å². The lowest BCUT2D eigenvalue weighted by Crippen LogP contribution is -2.46. The highest BCUT2D eigenvalue weighted by Gasteiger charge is 2.40. The number of benzene rings is 1. The van der Waals surface area contributed by atoms with Crippen LogP contribution in [0.1, 0.15) is 18.4 Å². The summed E-state index contributed by atoms with van der Waals surface area (Å²) < 4.78 is 10.7. The topological polar surface area (TPSA) is 41.9 Å². The van der Waals surface area contributed by atoms with Crippen molar-refractivity contribution < 1.29 is 14.6 Å². The number of aliphatic hydroxyl groups is 1. The molecule has 0 bridgehead atoms. The van der Waals surface area contributed by atoms with E-state index in [0.717, 1.165) is 68.5 Å². The number of hydrogen-bond acceptors (Lipinski definition) is 5. The van der Waals surface area contributed by atoms with Gasteiger partial charge in [-0.2, -0.15) is 11.8 Å². The van der Waals surface area contributed by atoms with E-state index in [0.29, 0.717) is 0 Å². The van der Waals surface area contributed by atoms with Crippen molar-refractivity contribution in [2.75, 3.05) is 51.5 Å². The summed E-state index contributed by atoms with van der Waals surface area (Å²) in [5, 5.41) is 11.6. The number of hydrogen-bond donors (Lipinski definition) is 1. The Bertz CT molecular complexity index is 490. The van der Waals surface area contributed by atoms with Crippen molar-refractivity contribution in [1.82, 2.24) is 4.90 Å². The molecule has 0 radical (unpaired) electrons. The van der Waals surface area contributed by atoms with Gasteiger partial charge in [0.1, 0.15) is 5.75 Å². The average molecular weight is 337 g/mol. The first-order valence-electron chi connectivity index (χ1n) is 8.47. The van der Waals surface area contributed by atoms with Gasteiger partial charge in [-0.3, -0.25) is 4.90 Å². The van der Waals surface area contributed by atoms with Gasteiger partial charge in [-0.1, -0.05) is 12.1 Å². The van der Waals surface area contributed by atoms with E-state index >= 15 is 0 Å². The van der Waals surface area contributed by atoms with Crippen LogP contribution in [0.5, 0.6) is 5.75 Å². The van der Waals surface area contributed by atoms with Crippen LogP contribution in [0.25, 0.3) is 0 Å². The molecule has 5 heteroatoms. The summed E-state index contributed by atoms with van der Waals surface area (Å²) in [6.07, 6.45) is 1.90. The second kappa shape index (κ2) is 7.88. The minimum atomic E-state index is -0.742. The molecule has 0 saturated carbocycles. The SMILES string of the molecule is COc1ccc(C2(O)CCCSCC2CN2CCOCC2)cc1. The fourth-order valence-corrected chi connectivity index (χ4v) is 4.75. The Labute approximate surface area is 143 Å². The average Bonchev–Trinajstić information content (AvgIpc) is 2.79. The van der Waals surface area contributed by atoms with Gasteiger partial charge in [-0.15, -0.1) is 0 Å². The molecule has 1 aromatic carbocycles. The lowest BCUT2D eigenvalue weighted by atomic mass is 9.78. The molecule has 2 heterocycles. The van der Waals surface area contributed by atoms with E-state index in [1.165, 1.54) is 0 Å². The minimum absolute atomic E-state index is 0.251. The van der Waals surface area contributed by atoms with Gasteiger partial charge in [0.2, 0.25) is 0 Å². The number of morpholine rings is 1. The van der Waals surface area contributed by atoms with Crippen LogP contribution in [0.15, 0.2) is 24.3 Å². The van der Waals surface area contributed by atoms with Crippen molar-refractivity contribution in [1.29, 1.82) is 0 Å². The molecule has 23 heavy (non-hydrogen) atoms. The molecule has 0 aromatic heterocycles. The molecule has 1 aromatic rings. The Balaban J connectivity index is 1.80. The molecule has 0 aliphatic carbocycles. The highest BCUT2D eigenvalue weighted by atomic mass is 32.2. The van der Waals surface area contributed by atoms with Crippen LogP contribution in [0.2, 0.25) is 0 Å². The molecule has 0 spiro atoms. The Kier molecular flexibility index (Phi) is 5.85. The van der Waals surface area contributed by atoms with Crippen LogP contribution in [0.4, 0.5) is 0 Å². The van der Waals surface area contributed by atoms with E-state index in [-0.39, 0.29) is 5.92 Å². The van der Waals surface area contributed by atoms with Crippen LogP contribution >= 0.6 is 11.8 Å². The van der Waals surface area contributed by atoms with Gasteiger partial charge < -0.3 is 14.6 Å². The van der Waals surface area contributed by atoms with Crippen LogP contribution < -0.4 is 4.74 Å². The zero-order chi connectivity index (χ0) is 16.1. The van der Waals surface area contributed by atoms with Crippen molar-refractivity contribution in [3.63, 3.8) is 0 Å². The van der Waals surface area contributed by atoms with E-state index in [1.54, 1.807) is 7.11 Å². The van der Waals surface area contributed by atoms with Crippen molar-refractivity contribution in [3.05, 3.63) is 29.8 Å². The lowest BCUT2D eigenvalue weighted by molar-refractivity contribution is -0.0469. The molecule has 3 rings (SSSR count). The summed E-state index contributed by atoms with van der Waals surface area (Å²) >= 11 is 1.97. The van der Waals surface area contributed by atoms with Gasteiger partial charge in [0.05, 0.1) is 25.9 Å². The molecule has 2 unspecified atom stereocenters. The van der Waals surface area contributed by atoms with Crippen LogP contribution in [-0.4, -0.2) is 61.5 Å². The van der Waals surface area contributed by atoms with Crippen molar-refractivity contribution in [3.8, 4) is 5.75 Å². The largest absolute Gasteiger partial charge is 0.497 e. The zero-order valence-electron chi connectivity index (χ0n) is 13.9. The molecular formula is C18H27NO3S. The number of methoxy groups -OCH3 is 1. The van der Waals surface area contributed by atoms with Crippen LogP contribution in [0, 0.1) is 5.92 Å². The van der Waals surface area contributed by atoms with Gasteiger partial charge >= 0.3 is 0 Å². The predicted octanol–water partition coefficient (Wildman–Crippen LogP) is 2.36. The molecule has 2 atom stereocenters. The molecule has 2 fully saturated rings. The van der Waals surface area contributed by atoms with Gasteiger partial charge in [0.15, 0.2) is 0 Å². The maximum absolute atomic E-state index is 11.6. The first-order valence-corrected chi connectivity index (χ1v) is 9.62. The van der Waals surface area contributed by atoms with Gasteiger partial charge in [-0.25, -0.2) is 0 Å². The lowest BCUT2D eigenvalue weighted by Gasteiger charge is -2.39. The highest BCUT2D eigenvalue weighted by molar-refractivity contribution is 7.99. The number of nitrogens with zero attached hydrogens (tertiary/aromatic N) is 1. The Hall–Kier alpha value is -0.750. The van der Waals surface area contributed by atoms with E-state index in [2.05, 4.69) is 4.90 Å². The summed E-state index contributed by atoms with van der Waals surface area (Å²) in [4.78, 5) is 2.44. The maximum Gasteiger partial charge on any atom is 0.118 e. The van der Waals surface area contributed by atoms with E-state index in [1.807, 2.05) is 36.0 Å². The molecule has 1 N–H and O–H groups in total. The second-order valence-electron chi connectivity index (χ2n) is 6.44. The summed E-state index contributed by atoms with van der Waals surface area (Å²) in [7, 11) is 1.67. The smallest absolute Gasteiger partial charge is 0.118 e.